The Morgan fingerprint density at radius 3 is 2.26 bits per heavy atom. The van der Waals surface area contributed by atoms with Crippen molar-refractivity contribution in [1.29, 1.82) is 0 Å². The van der Waals surface area contributed by atoms with Gasteiger partial charge in [-0.25, -0.2) is 0 Å². The summed E-state index contributed by atoms with van der Waals surface area (Å²) in [5, 5.41) is 10.8. The number of rotatable bonds is 2. The number of benzene rings is 1. The highest BCUT2D eigenvalue weighted by molar-refractivity contribution is 6.34. The van der Waals surface area contributed by atoms with Gasteiger partial charge < -0.3 is 4.90 Å². The summed E-state index contributed by atoms with van der Waals surface area (Å²) in [6, 6.07) is 8.32. The molecule has 19 heavy (non-hydrogen) atoms. The molecule has 0 N–H and O–H groups in total. The van der Waals surface area contributed by atoms with Gasteiger partial charge in [-0.2, -0.15) is 0 Å². The Kier molecular flexibility index (Phi) is 3.68. The van der Waals surface area contributed by atoms with Crippen LogP contribution in [0.4, 0.5) is 5.82 Å². The van der Waals surface area contributed by atoms with E-state index in [4.69, 9.17) is 11.6 Å². The summed E-state index contributed by atoms with van der Waals surface area (Å²) in [7, 11) is 2.06. The second-order valence-corrected chi connectivity index (χ2v) is 6.37. The highest BCUT2D eigenvalue weighted by atomic mass is 35.5. The Balaban J connectivity index is 2.55. The van der Waals surface area contributed by atoms with Gasteiger partial charge in [0.2, 0.25) is 0 Å². The van der Waals surface area contributed by atoms with E-state index in [-0.39, 0.29) is 5.41 Å². The van der Waals surface area contributed by atoms with Crippen molar-refractivity contribution in [2.45, 2.75) is 33.7 Å². The molecular weight excluding hydrogens is 258 g/mol. The quantitative estimate of drug-likeness (QED) is 0.826. The molecule has 0 spiro atoms. The number of halogens is 1. The Hall–Kier alpha value is -1.35. The van der Waals surface area contributed by atoms with Crippen molar-refractivity contribution in [2.24, 2.45) is 5.41 Å². The van der Waals surface area contributed by atoms with Crippen molar-refractivity contribution in [3.63, 3.8) is 0 Å². The lowest BCUT2D eigenvalue weighted by Crippen LogP contribution is -2.40. The van der Waals surface area contributed by atoms with Crippen molar-refractivity contribution in [3.8, 4) is 0 Å². The van der Waals surface area contributed by atoms with Crippen LogP contribution in [0, 0.1) is 5.41 Å². The molecule has 1 heterocycles. The van der Waals surface area contributed by atoms with Crippen molar-refractivity contribution in [2.75, 3.05) is 11.9 Å². The molecule has 0 fully saturated rings. The standard InChI is InChI=1S/C15H20ClN3/c1-10(15(2,3)4)19(5)14-12-9-7-6-8-11(12)13(16)17-18-14/h6-10H,1-5H3. The summed E-state index contributed by atoms with van der Waals surface area (Å²) < 4.78 is 0. The molecule has 2 rings (SSSR count). The van der Waals surface area contributed by atoms with Crippen molar-refractivity contribution >= 4 is 28.2 Å². The molecule has 3 nitrogen and oxygen atoms in total. The van der Waals surface area contributed by atoms with Gasteiger partial charge in [-0.05, 0) is 12.3 Å². The molecule has 2 aromatic rings. The highest BCUT2D eigenvalue weighted by Gasteiger charge is 2.26. The number of anilines is 1. The van der Waals surface area contributed by atoms with E-state index in [0.717, 1.165) is 16.6 Å². The van der Waals surface area contributed by atoms with Crippen LogP contribution < -0.4 is 4.90 Å². The normalized spacial score (nSPS) is 13.6. The molecule has 0 aliphatic rings. The molecule has 1 atom stereocenters. The molecule has 1 aromatic heterocycles. The van der Waals surface area contributed by atoms with E-state index in [1.54, 1.807) is 0 Å². The molecule has 1 unspecified atom stereocenters. The molecule has 0 aliphatic carbocycles. The average Bonchev–Trinajstić information content (AvgIpc) is 2.37. The van der Waals surface area contributed by atoms with Crippen molar-refractivity contribution < 1.29 is 0 Å². The second kappa shape index (κ2) is 4.97. The molecule has 0 amide bonds. The Labute approximate surface area is 119 Å². The Bertz CT molecular complexity index is 589. The largest absolute Gasteiger partial charge is 0.354 e. The molecular formula is C15H20ClN3. The first-order valence-electron chi connectivity index (χ1n) is 6.46. The number of aromatic nitrogens is 2. The molecule has 0 aliphatic heterocycles. The third-order valence-electron chi connectivity index (χ3n) is 3.79. The van der Waals surface area contributed by atoms with Crippen LogP contribution in [0.1, 0.15) is 27.7 Å². The van der Waals surface area contributed by atoms with Gasteiger partial charge in [-0.1, -0.05) is 56.6 Å². The minimum absolute atomic E-state index is 0.164. The van der Waals surface area contributed by atoms with Crippen LogP contribution >= 0.6 is 11.6 Å². The fourth-order valence-corrected chi connectivity index (χ4v) is 2.28. The number of hydrogen-bond acceptors (Lipinski definition) is 3. The van der Waals surface area contributed by atoms with Crippen LogP contribution in [0.15, 0.2) is 24.3 Å². The van der Waals surface area contributed by atoms with Crippen LogP contribution in [-0.4, -0.2) is 23.3 Å². The topological polar surface area (TPSA) is 29.0 Å². The van der Waals surface area contributed by atoms with Crippen LogP contribution in [0.25, 0.3) is 10.8 Å². The zero-order valence-electron chi connectivity index (χ0n) is 12.1. The molecule has 0 saturated heterocycles. The van der Waals surface area contributed by atoms with Gasteiger partial charge in [-0.15, -0.1) is 10.2 Å². The van der Waals surface area contributed by atoms with Gasteiger partial charge >= 0.3 is 0 Å². The van der Waals surface area contributed by atoms with E-state index in [2.05, 4.69) is 49.8 Å². The van der Waals surface area contributed by atoms with Crippen LogP contribution in [0.3, 0.4) is 0 Å². The SMILES string of the molecule is CC(N(C)c1nnc(Cl)c2ccccc12)C(C)(C)C. The first kappa shape index (κ1) is 14.1. The average molecular weight is 278 g/mol. The summed E-state index contributed by atoms with van der Waals surface area (Å²) in [5.74, 6) is 0.877. The zero-order chi connectivity index (χ0) is 14.2. The summed E-state index contributed by atoms with van der Waals surface area (Å²) in [6.45, 7) is 8.87. The molecule has 1 aromatic carbocycles. The predicted molar refractivity (Wildman–Crippen MR) is 81.9 cm³/mol. The molecule has 0 bridgehead atoms. The van der Waals surface area contributed by atoms with Crippen LogP contribution in [-0.2, 0) is 0 Å². The smallest absolute Gasteiger partial charge is 0.159 e. The lowest BCUT2D eigenvalue weighted by molar-refractivity contribution is 0.328. The second-order valence-electron chi connectivity index (χ2n) is 6.01. The van der Waals surface area contributed by atoms with Gasteiger partial charge in [-0.3, -0.25) is 0 Å². The monoisotopic (exact) mass is 277 g/mol. The molecule has 0 saturated carbocycles. The maximum absolute atomic E-state index is 6.11. The predicted octanol–water partition coefficient (Wildman–Crippen LogP) is 4.15. The van der Waals surface area contributed by atoms with Crippen LogP contribution in [0.2, 0.25) is 5.15 Å². The first-order valence-corrected chi connectivity index (χ1v) is 6.84. The Morgan fingerprint density at radius 1 is 1.11 bits per heavy atom. The van der Waals surface area contributed by atoms with Crippen molar-refractivity contribution in [1.82, 2.24) is 10.2 Å². The minimum atomic E-state index is 0.164. The van der Waals surface area contributed by atoms with E-state index in [1.807, 2.05) is 24.3 Å². The van der Waals surface area contributed by atoms with Gasteiger partial charge in [0.05, 0.1) is 0 Å². The summed E-state index contributed by atoms with van der Waals surface area (Å²) >= 11 is 6.11. The Morgan fingerprint density at radius 2 is 1.68 bits per heavy atom. The van der Waals surface area contributed by atoms with E-state index >= 15 is 0 Å². The third kappa shape index (κ3) is 2.66. The fourth-order valence-electron chi connectivity index (χ4n) is 2.08. The van der Waals surface area contributed by atoms with Gasteiger partial charge in [0, 0.05) is 23.9 Å². The maximum atomic E-state index is 6.11. The number of hydrogen-bond donors (Lipinski definition) is 0. The molecule has 102 valence electrons. The van der Waals surface area contributed by atoms with Crippen molar-refractivity contribution in [3.05, 3.63) is 29.4 Å². The summed E-state index contributed by atoms with van der Waals surface area (Å²) in [5.41, 5.74) is 0.164. The summed E-state index contributed by atoms with van der Waals surface area (Å²) in [6.07, 6.45) is 0. The summed E-state index contributed by atoms with van der Waals surface area (Å²) in [4.78, 5) is 2.17. The van der Waals surface area contributed by atoms with E-state index in [0.29, 0.717) is 11.2 Å². The lowest BCUT2D eigenvalue weighted by Gasteiger charge is -2.36. The highest BCUT2D eigenvalue weighted by Crippen LogP contribution is 2.32. The zero-order valence-corrected chi connectivity index (χ0v) is 12.9. The van der Waals surface area contributed by atoms with Gasteiger partial charge in [0.15, 0.2) is 11.0 Å². The van der Waals surface area contributed by atoms with Gasteiger partial charge in [0.1, 0.15) is 0 Å². The maximum Gasteiger partial charge on any atom is 0.159 e. The van der Waals surface area contributed by atoms with E-state index in [1.165, 1.54) is 0 Å². The minimum Gasteiger partial charge on any atom is -0.354 e. The third-order valence-corrected chi connectivity index (χ3v) is 4.07. The van der Waals surface area contributed by atoms with Crippen LogP contribution in [0.5, 0.6) is 0 Å². The van der Waals surface area contributed by atoms with Gasteiger partial charge in [0.25, 0.3) is 0 Å². The number of nitrogens with zero attached hydrogens (tertiary/aromatic N) is 3. The molecule has 4 heteroatoms. The first-order chi connectivity index (χ1) is 8.82. The molecule has 0 radical (unpaired) electrons. The fraction of sp³-hybridized carbons (Fsp3) is 0.467. The van der Waals surface area contributed by atoms with E-state index in [9.17, 15) is 0 Å². The lowest BCUT2D eigenvalue weighted by atomic mass is 9.87. The van der Waals surface area contributed by atoms with E-state index < -0.39 is 0 Å². The number of fused-ring (bicyclic) bond motifs is 1.